The second-order valence-corrected chi connectivity index (χ2v) is 7.92. The first kappa shape index (κ1) is 20.6. The second-order valence-electron chi connectivity index (χ2n) is 5.98. The van der Waals surface area contributed by atoms with Gasteiger partial charge < -0.3 is 5.32 Å². The summed E-state index contributed by atoms with van der Waals surface area (Å²) in [5.74, 6) is -0.161. The van der Waals surface area contributed by atoms with Crippen molar-refractivity contribution in [3.8, 4) is 0 Å². The third kappa shape index (κ3) is 5.60. The highest BCUT2D eigenvalue weighted by Gasteiger charge is 2.21. The molecule has 0 bridgehead atoms. The monoisotopic (exact) mass is 354 g/mol. The molecule has 0 heterocycles. The van der Waals surface area contributed by atoms with E-state index in [1.165, 1.54) is 16.4 Å². The van der Waals surface area contributed by atoms with E-state index < -0.39 is 10.0 Å². The number of carbonyl (C=O) groups is 1. The lowest BCUT2D eigenvalue weighted by molar-refractivity contribution is 0.0938. The molecule has 0 saturated heterocycles. The second kappa shape index (κ2) is 9.79. The van der Waals surface area contributed by atoms with Crippen molar-refractivity contribution in [2.45, 2.75) is 64.3 Å². The van der Waals surface area contributed by atoms with Gasteiger partial charge in [0, 0.05) is 24.7 Å². The average molecular weight is 355 g/mol. The molecule has 0 saturated carbocycles. The summed E-state index contributed by atoms with van der Waals surface area (Å²) in [7, 11) is -3.48. The Kier molecular flexibility index (Phi) is 8.42. The summed E-state index contributed by atoms with van der Waals surface area (Å²) in [6.45, 7) is 8.61. The van der Waals surface area contributed by atoms with Gasteiger partial charge in [-0.15, -0.1) is 0 Å². The van der Waals surface area contributed by atoms with Crippen LogP contribution in [0.3, 0.4) is 0 Å². The molecule has 5 nitrogen and oxygen atoms in total. The first-order valence-corrected chi connectivity index (χ1v) is 10.2. The van der Waals surface area contributed by atoms with Crippen LogP contribution in [0.1, 0.15) is 63.7 Å². The highest BCUT2D eigenvalue weighted by atomic mass is 32.2. The van der Waals surface area contributed by atoms with E-state index >= 15 is 0 Å². The van der Waals surface area contributed by atoms with E-state index in [-0.39, 0.29) is 16.8 Å². The number of hydrogen-bond acceptors (Lipinski definition) is 3. The molecule has 1 rings (SSSR count). The van der Waals surface area contributed by atoms with Crippen LogP contribution in [0.15, 0.2) is 29.2 Å². The zero-order valence-corrected chi connectivity index (χ0v) is 16.0. The Bertz CT molecular complexity index is 608. The fourth-order valence-corrected chi connectivity index (χ4v) is 4.03. The van der Waals surface area contributed by atoms with Crippen LogP contribution in [0.2, 0.25) is 0 Å². The molecule has 136 valence electrons. The Morgan fingerprint density at radius 1 is 1.08 bits per heavy atom. The minimum absolute atomic E-state index is 0.114. The van der Waals surface area contributed by atoms with Crippen LogP contribution in [0, 0.1) is 0 Å². The number of carbonyl (C=O) groups excluding carboxylic acids is 1. The fourth-order valence-electron chi connectivity index (χ4n) is 2.57. The van der Waals surface area contributed by atoms with Crippen molar-refractivity contribution in [1.82, 2.24) is 9.62 Å². The van der Waals surface area contributed by atoms with E-state index in [0.717, 1.165) is 25.7 Å². The molecule has 1 aromatic carbocycles. The van der Waals surface area contributed by atoms with Crippen LogP contribution in [-0.2, 0) is 10.0 Å². The maximum atomic E-state index is 12.4. The van der Waals surface area contributed by atoms with Crippen molar-refractivity contribution >= 4 is 15.9 Å². The van der Waals surface area contributed by atoms with Gasteiger partial charge >= 0.3 is 0 Å². The number of nitrogens with zero attached hydrogens (tertiary/aromatic N) is 1. The topological polar surface area (TPSA) is 66.5 Å². The summed E-state index contributed by atoms with van der Waals surface area (Å²) in [6, 6.07) is 6.27. The van der Waals surface area contributed by atoms with Gasteiger partial charge in [-0.2, -0.15) is 4.31 Å². The Hall–Kier alpha value is -1.40. The quantitative estimate of drug-likeness (QED) is 0.655. The van der Waals surface area contributed by atoms with Gasteiger partial charge in [-0.25, -0.2) is 8.42 Å². The van der Waals surface area contributed by atoms with Crippen molar-refractivity contribution in [2.75, 3.05) is 13.1 Å². The summed E-state index contributed by atoms with van der Waals surface area (Å²) >= 11 is 0. The number of nitrogens with one attached hydrogen (secondary N) is 1. The first-order valence-electron chi connectivity index (χ1n) is 8.77. The van der Waals surface area contributed by atoms with Gasteiger partial charge in [-0.3, -0.25) is 4.79 Å². The standard InChI is InChI=1S/C18H30N2O3S/c1-5-8-9-10-15(4)19-18(21)16-11-13-17(14-12-16)24(22,23)20(6-2)7-3/h11-15H,5-10H2,1-4H3,(H,19,21)/t15-/m0/s1. The first-order chi connectivity index (χ1) is 11.4. The van der Waals surface area contributed by atoms with Crippen molar-refractivity contribution < 1.29 is 13.2 Å². The Labute approximate surface area is 146 Å². The van der Waals surface area contributed by atoms with Crippen molar-refractivity contribution in [3.63, 3.8) is 0 Å². The third-order valence-electron chi connectivity index (χ3n) is 4.08. The lowest BCUT2D eigenvalue weighted by Crippen LogP contribution is -2.32. The molecule has 0 fully saturated rings. The smallest absolute Gasteiger partial charge is 0.251 e. The van der Waals surface area contributed by atoms with E-state index in [2.05, 4.69) is 12.2 Å². The molecular formula is C18H30N2O3S. The number of sulfonamides is 1. The number of unbranched alkanes of at least 4 members (excludes halogenated alkanes) is 2. The average Bonchev–Trinajstić information content (AvgIpc) is 2.56. The lowest BCUT2D eigenvalue weighted by atomic mass is 10.1. The molecule has 0 spiro atoms. The van der Waals surface area contributed by atoms with E-state index in [4.69, 9.17) is 0 Å². The fraction of sp³-hybridized carbons (Fsp3) is 0.611. The predicted octanol–water partition coefficient (Wildman–Crippen LogP) is 3.42. The van der Waals surface area contributed by atoms with Crippen LogP contribution in [-0.4, -0.2) is 37.8 Å². The highest BCUT2D eigenvalue weighted by Crippen LogP contribution is 2.16. The predicted molar refractivity (Wildman–Crippen MR) is 97.6 cm³/mol. The number of rotatable bonds is 10. The number of amides is 1. The van der Waals surface area contributed by atoms with Gasteiger partial charge in [-0.05, 0) is 37.6 Å². The van der Waals surface area contributed by atoms with E-state index in [1.54, 1.807) is 12.1 Å². The van der Waals surface area contributed by atoms with Gasteiger partial charge in [0.25, 0.3) is 5.91 Å². The van der Waals surface area contributed by atoms with Crippen LogP contribution in [0.5, 0.6) is 0 Å². The minimum atomic E-state index is -3.48. The van der Waals surface area contributed by atoms with Crippen LogP contribution < -0.4 is 5.32 Å². The number of benzene rings is 1. The van der Waals surface area contributed by atoms with E-state index in [0.29, 0.717) is 18.7 Å². The Balaban J connectivity index is 2.75. The normalized spacial score (nSPS) is 13.0. The van der Waals surface area contributed by atoms with Crippen molar-refractivity contribution in [3.05, 3.63) is 29.8 Å². The molecule has 0 aliphatic rings. The maximum absolute atomic E-state index is 12.4. The van der Waals surface area contributed by atoms with Crippen molar-refractivity contribution in [1.29, 1.82) is 0 Å². The van der Waals surface area contributed by atoms with Gasteiger partial charge in [0.1, 0.15) is 0 Å². The highest BCUT2D eigenvalue weighted by molar-refractivity contribution is 7.89. The molecule has 6 heteroatoms. The van der Waals surface area contributed by atoms with Gasteiger partial charge in [0.05, 0.1) is 4.90 Å². The molecule has 0 aliphatic heterocycles. The van der Waals surface area contributed by atoms with Crippen LogP contribution in [0.25, 0.3) is 0 Å². The maximum Gasteiger partial charge on any atom is 0.251 e. The number of hydrogen-bond donors (Lipinski definition) is 1. The zero-order chi connectivity index (χ0) is 18.2. The Morgan fingerprint density at radius 2 is 1.67 bits per heavy atom. The summed E-state index contributed by atoms with van der Waals surface area (Å²) in [6.07, 6.45) is 4.37. The van der Waals surface area contributed by atoms with Gasteiger partial charge in [0.15, 0.2) is 0 Å². The third-order valence-corrected chi connectivity index (χ3v) is 6.14. The molecule has 0 aliphatic carbocycles. The molecule has 0 unspecified atom stereocenters. The summed E-state index contributed by atoms with van der Waals surface area (Å²) in [4.78, 5) is 12.4. The summed E-state index contributed by atoms with van der Waals surface area (Å²) < 4.78 is 26.3. The molecule has 1 N–H and O–H groups in total. The zero-order valence-electron chi connectivity index (χ0n) is 15.2. The molecule has 1 atom stereocenters. The van der Waals surface area contributed by atoms with Crippen LogP contribution in [0.4, 0.5) is 0 Å². The molecule has 1 aromatic rings. The lowest BCUT2D eigenvalue weighted by Gasteiger charge is -2.18. The molecular weight excluding hydrogens is 324 g/mol. The largest absolute Gasteiger partial charge is 0.350 e. The van der Waals surface area contributed by atoms with Gasteiger partial charge in [-0.1, -0.05) is 40.0 Å². The van der Waals surface area contributed by atoms with Crippen LogP contribution >= 0.6 is 0 Å². The van der Waals surface area contributed by atoms with E-state index in [1.807, 2.05) is 20.8 Å². The minimum Gasteiger partial charge on any atom is -0.350 e. The SMILES string of the molecule is CCCCC[C@H](C)NC(=O)c1ccc(S(=O)(=O)N(CC)CC)cc1. The van der Waals surface area contributed by atoms with E-state index in [9.17, 15) is 13.2 Å². The van der Waals surface area contributed by atoms with Gasteiger partial charge in [0.2, 0.25) is 10.0 Å². The molecule has 24 heavy (non-hydrogen) atoms. The molecule has 0 radical (unpaired) electrons. The van der Waals surface area contributed by atoms with Crippen molar-refractivity contribution in [2.24, 2.45) is 0 Å². The Morgan fingerprint density at radius 3 is 2.17 bits per heavy atom. The molecule has 0 aromatic heterocycles. The summed E-state index contributed by atoms with van der Waals surface area (Å²) in [5.41, 5.74) is 0.482. The summed E-state index contributed by atoms with van der Waals surface area (Å²) in [5, 5.41) is 2.96. The molecule has 1 amide bonds.